The summed E-state index contributed by atoms with van der Waals surface area (Å²) in [7, 11) is 0. The molecule has 4 rings (SSSR count). The third-order valence-corrected chi connectivity index (χ3v) is 4.69. The molecule has 0 aliphatic rings. The van der Waals surface area contributed by atoms with Gasteiger partial charge in [-0.2, -0.15) is 0 Å². The lowest BCUT2D eigenvalue weighted by Crippen LogP contribution is -2.21. The Labute approximate surface area is 180 Å². The number of nitrogens with one attached hydrogen (secondary N) is 2. The van der Waals surface area contributed by atoms with Crippen molar-refractivity contribution in [3.05, 3.63) is 101 Å². The van der Waals surface area contributed by atoms with Gasteiger partial charge in [0.15, 0.2) is 11.6 Å². The van der Waals surface area contributed by atoms with Crippen LogP contribution in [0.1, 0.15) is 21.5 Å². The lowest BCUT2D eigenvalue weighted by Gasteiger charge is -2.12. The lowest BCUT2D eigenvalue weighted by molar-refractivity contribution is 0.103. The van der Waals surface area contributed by atoms with Crippen LogP contribution in [0.3, 0.4) is 0 Å². The number of nitrogens with zero attached hydrogens (tertiary/aromatic N) is 1. The predicted octanol–water partition coefficient (Wildman–Crippen LogP) is 5.84. The second-order valence-electron chi connectivity index (χ2n) is 7.15. The number of benzene rings is 3. The van der Waals surface area contributed by atoms with Gasteiger partial charge in [-0.1, -0.05) is 6.07 Å². The fourth-order valence-corrected chi connectivity index (χ4v) is 3.23. The van der Waals surface area contributed by atoms with Crippen molar-refractivity contribution in [1.82, 2.24) is 4.98 Å². The zero-order chi connectivity index (χ0) is 22.8. The van der Waals surface area contributed by atoms with E-state index in [0.717, 1.165) is 23.8 Å². The van der Waals surface area contributed by atoms with E-state index in [1.54, 1.807) is 18.3 Å². The second-order valence-corrected chi connectivity index (χ2v) is 7.15. The van der Waals surface area contributed by atoms with Crippen LogP contribution in [0.4, 0.5) is 29.3 Å². The van der Waals surface area contributed by atoms with Gasteiger partial charge in [0.1, 0.15) is 11.6 Å². The number of anilines is 2. The van der Waals surface area contributed by atoms with Gasteiger partial charge in [-0.25, -0.2) is 18.0 Å². The number of ketones is 1. The standard InChI is InChI=1S/C24H16F3N3O2/c1-13-7-15-8-14(5-6-20(15)28-12-13)23(31)19-10-17(26)11-21(22(19)27)30-24(32)29-18-4-2-3-16(25)9-18/h2-12H,1H3,(H2,29,30,32). The first-order valence-corrected chi connectivity index (χ1v) is 9.54. The quantitative estimate of drug-likeness (QED) is 0.396. The van der Waals surface area contributed by atoms with Gasteiger partial charge in [-0.3, -0.25) is 9.78 Å². The van der Waals surface area contributed by atoms with E-state index in [4.69, 9.17) is 0 Å². The third-order valence-electron chi connectivity index (χ3n) is 4.69. The number of urea groups is 1. The maximum absolute atomic E-state index is 15.0. The molecule has 160 valence electrons. The summed E-state index contributed by atoms with van der Waals surface area (Å²) in [5, 5.41) is 5.15. The highest BCUT2D eigenvalue weighted by atomic mass is 19.1. The number of carbonyl (C=O) groups is 2. The Bertz CT molecular complexity index is 1370. The molecule has 0 fully saturated rings. The summed E-state index contributed by atoms with van der Waals surface area (Å²) in [6.45, 7) is 1.85. The molecule has 0 spiro atoms. The van der Waals surface area contributed by atoms with Crippen LogP contribution < -0.4 is 10.6 Å². The average molecular weight is 435 g/mol. The zero-order valence-corrected chi connectivity index (χ0v) is 16.7. The van der Waals surface area contributed by atoms with Crippen molar-refractivity contribution in [2.45, 2.75) is 6.92 Å². The van der Waals surface area contributed by atoms with Crippen LogP contribution in [0.2, 0.25) is 0 Å². The van der Waals surface area contributed by atoms with Crippen molar-refractivity contribution in [2.24, 2.45) is 0 Å². The highest BCUT2D eigenvalue weighted by Crippen LogP contribution is 2.25. The largest absolute Gasteiger partial charge is 0.323 e. The van der Waals surface area contributed by atoms with Crippen LogP contribution >= 0.6 is 0 Å². The highest BCUT2D eigenvalue weighted by molar-refractivity contribution is 6.11. The molecule has 0 aliphatic carbocycles. The van der Waals surface area contributed by atoms with Gasteiger partial charge in [0.05, 0.1) is 16.8 Å². The molecule has 0 unspecified atom stereocenters. The molecule has 8 heteroatoms. The molecule has 1 heterocycles. The normalized spacial score (nSPS) is 10.8. The molecule has 2 amide bonds. The van der Waals surface area contributed by atoms with Crippen molar-refractivity contribution >= 4 is 34.1 Å². The smallest absolute Gasteiger partial charge is 0.308 e. The van der Waals surface area contributed by atoms with E-state index in [1.807, 2.05) is 13.0 Å². The number of aryl methyl sites for hydroxylation is 1. The van der Waals surface area contributed by atoms with Gasteiger partial charge in [0, 0.05) is 28.9 Å². The molecule has 0 radical (unpaired) electrons. The van der Waals surface area contributed by atoms with E-state index in [9.17, 15) is 18.4 Å². The van der Waals surface area contributed by atoms with E-state index < -0.39 is 40.5 Å². The van der Waals surface area contributed by atoms with Crippen LogP contribution in [0.25, 0.3) is 10.9 Å². The summed E-state index contributed by atoms with van der Waals surface area (Å²) in [5.41, 5.74) is 0.741. The number of fused-ring (bicyclic) bond motifs is 1. The van der Waals surface area contributed by atoms with Gasteiger partial charge in [0.2, 0.25) is 0 Å². The van der Waals surface area contributed by atoms with E-state index in [0.29, 0.717) is 10.9 Å². The minimum atomic E-state index is -1.09. The Balaban J connectivity index is 1.62. The molecule has 0 saturated carbocycles. The number of carbonyl (C=O) groups excluding carboxylic acids is 2. The third kappa shape index (κ3) is 4.44. The van der Waals surface area contributed by atoms with Gasteiger partial charge in [-0.15, -0.1) is 0 Å². The molecule has 4 aromatic rings. The summed E-state index contributed by atoms with van der Waals surface area (Å²) in [6, 6.07) is 12.1. The molecular weight excluding hydrogens is 419 g/mol. The van der Waals surface area contributed by atoms with E-state index in [2.05, 4.69) is 15.6 Å². The zero-order valence-electron chi connectivity index (χ0n) is 16.7. The molecule has 0 bridgehead atoms. The molecule has 2 N–H and O–H groups in total. The van der Waals surface area contributed by atoms with Crippen LogP contribution in [-0.4, -0.2) is 16.8 Å². The maximum Gasteiger partial charge on any atom is 0.323 e. The van der Waals surface area contributed by atoms with Crippen molar-refractivity contribution < 1.29 is 22.8 Å². The van der Waals surface area contributed by atoms with Gasteiger partial charge < -0.3 is 10.6 Å². The van der Waals surface area contributed by atoms with Crippen LogP contribution in [-0.2, 0) is 0 Å². The molecule has 0 saturated heterocycles. The Morgan fingerprint density at radius 3 is 2.47 bits per heavy atom. The topological polar surface area (TPSA) is 71.1 Å². The summed E-state index contributed by atoms with van der Waals surface area (Å²) in [6.07, 6.45) is 1.68. The predicted molar refractivity (Wildman–Crippen MR) is 115 cm³/mol. The Morgan fingerprint density at radius 2 is 1.69 bits per heavy atom. The molecule has 0 aliphatic heterocycles. The fraction of sp³-hybridized carbons (Fsp3) is 0.0417. The van der Waals surface area contributed by atoms with Crippen LogP contribution in [0, 0.1) is 24.4 Å². The first-order valence-electron chi connectivity index (χ1n) is 9.54. The Morgan fingerprint density at radius 1 is 0.875 bits per heavy atom. The Kier molecular flexibility index (Phi) is 5.59. The number of pyridine rings is 1. The number of halogens is 3. The SMILES string of the molecule is Cc1cnc2ccc(C(=O)c3cc(F)cc(NC(=O)Nc4cccc(F)c4)c3F)cc2c1. The number of aromatic nitrogens is 1. The summed E-state index contributed by atoms with van der Waals surface area (Å²) in [4.78, 5) is 29.3. The molecular formula is C24H16F3N3O2. The molecule has 5 nitrogen and oxygen atoms in total. The molecule has 0 atom stereocenters. The van der Waals surface area contributed by atoms with Gasteiger partial charge in [0.25, 0.3) is 0 Å². The average Bonchev–Trinajstić information content (AvgIpc) is 2.75. The second kappa shape index (κ2) is 8.50. The number of amides is 2. The number of rotatable bonds is 4. The minimum Gasteiger partial charge on any atom is -0.308 e. The molecule has 1 aromatic heterocycles. The van der Waals surface area contributed by atoms with Crippen molar-refractivity contribution in [3.63, 3.8) is 0 Å². The highest BCUT2D eigenvalue weighted by Gasteiger charge is 2.20. The first-order chi connectivity index (χ1) is 15.3. The van der Waals surface area contributed by atoms with Crippen LogP contribution in [0.5, 0.6) is 0 Å². The number of hydrogen-bond acceptors (Lipinski definition) is 3. The Hall–Kier alpha value is -4.20. The van der Waals surface area contributed by atoms with Gasteiger partial charge in [-0.05, 0) is 61.0 Å². The van der Waals surface area contributed by atoms with Gasteiger partial charge >= 0.3 is 6.03 Å². The summed E-state index contributed by atoms with van der Waals surface area (Å²) in [5.74, 6) is -3.32. The maximum atomic E-state index is 15.0. The first kappa shape index (κ1) is 21.0. The fourth-order valence-electron chi connectivity index (χ4n) is 3.23. The van der Waals surface area contributed by atoms with Crippen molar-refractivity contribution in [1.29, 1.82) is 0 Å². The molecule has 3 aromatic carbocycles. The minimum absolute atomic E-state index is 0.121. The van der Waals surface area contributed by atoms with Crippen molar-refractivity contribution in [3.8, 4) is 0 Å². The number of hydrogen-bond donors (Lipinski definition) is 2. The van der Waals surface area contributed by atoms with E-state index in [1.165, 1.54) is 24.3 Å². The lowest BCUT2D eigenvalue weighted by atomic mass is 10.00. The van der Waals surface area contributed by atoms with E-state index in [-0.39, 0.29) is 11.3 Å². The summed E-state index contributed by atoms with van der Waals surface area (Å²) < 4.78 is 42.5. The van der Waals surface area contributed by atoms with E-state index >= 15 is 4.39 Å². The molecule has 32 heavy (non-hydrogen) atoms. The monoisotopic (exact) mass is 435 g/mol. The van der Waals surface area contributed by atoms with Crippen LogP contribution in [0.15, 0.2) is 66.9 Å². The van der Waals surface area contributed by atoms with Crippen molar-refractivity contribution in [2.75, 3.05) is 10.6 Å². The summed E-state index contributed by atoms with van der Waals surface area (Å²) >= 11 is 0.